The van der Waals surface area contributed by atoms with Crippen LogP contribution in [0.5, 0.6) is 11.5 Å². The van der Waals surface area contributed by atoms with Gasteiger partial charge in [0.2, 0.25) is 10.0 Å². The monoisotopic (exact) mass is 482 g/mol. The number of rotatable bonds is 7. The summed E-state index contributed by atoms with van der Waals surface area (Å²) in [5.74, 6) is 0.378. The second kappa shape index (κ2) is 9.82. The van der Waals surface area contributed by atoms with Gasteiger partial charge >= 0.3 is 0 Å². The van der Waals surface area contributed by atoms with Gasteiger partial charge in [-0.15, -0.1) is 0 Å². The number of carbonyl (C=O) groups excluding carboxylic acids is 2. The molecule has 1 heterocycles. The zero-order valence-corrected chi connectivity index (χ0v) is 19.9. The van der Waals surface area contributed by atoms with Crippen molar-refractivity contribution in [3.8, 4) is 11.5 Å². The number of piperazine rings is 1. The van der Waals surface area contributed by atoms with Gasteiger partial charge in [0.1, 0.15) is 0 Å². The predicted octanol–water partition coefficient (Wildman–Crippen LogP) is 2.96. The Labute approximate surface area is 198 Å². The number of methoxy groups -OCH3 is 1. The van der Waals surface area contributed by atoms with E-state index in [9.17, 15) is 18.0 Å². The number of carbonyl (C=O) groups is 2. The van der Waals surface area contributed by atoms with E-state index in [2.05, 4.69) is 0 Å². The molecule has 34 heavy (non-hydrogen) atoms. The lowest BCUT2D eigenvalue weighted by atomic mass is 10.1. The van der Waals surface area contributed by atoms with E-state index in [1.807, 2.05) is 24.3 Å². The number of ketones is 1. The number of benzene rings is 3. The molecule has 178 valence electrons. The molecule has 1 amide bonds. The molecule has 0 spiro atoms. The molecule has 0 atom stereocenters. The second-order valence-corrected chi connectivity index (χ2v) is 9.94. The molecular formula is C25H26N2O6S. The van der Waals surface area contributed by atoms with E-state index < -0.39 is 10.0 Å². The molecule has 8 nitrogen and oxygen atoms in total. The number of hydrogen-bond donors (Lipinski definition) is 0. The largest absolute Gasteiger partial charge is 0.493 e. The van der Waals surface area contributed by atoms with E-state index in [0.29, 0.717) is 17.1 Å². The topological polar surface area (TPSA) is 93.2 Å². The van der Waals surface area contributed by atoms with Crippen LogP contribution < -0.4 is 9.47 Å². The number of nitrogens with zero attached hydrogens (tertiary/aromatic N) is 2. The van der Waals surface area contributed by atoms with Gasteiger partial charge in [0.05, 0.1) is 12.0 Å². The van der Waals surface area contributed by atoms with Crippen molar-refractivity contribution in [3.05, 3.63) is 66.2 Å². The maximum absolute atomic E-state index is 13.1. The molecule has 0 bridgehead atoms. The Hall–Kier alpha value is -3.43. The second-order valence-electron chi connectivity index (χ2n) is 8.00. The van der Waals surface area contributed by atoms with Crippen LogP contribution in [0.3, 0.4) is 0 Å². The van der Waals surface area contributed by atoms with Crippen molar-refractivity contribution in [3.63, 3.8) is 0 Å². The molecule has 0 unspecified atom stereocenters. The van der Waals surface area contributed by atoms with Crippen LogP contribution >= 0.6 is 0 Å². The number of amides is 1. The maximum Gasteiger partial charge on any atom is 0.260 e. The van der Waals surface area contributed by atoms with Gasteiger partial charge < -0.3 is 14.4 Å². The molecule has 0 radical (unpaired) electrons. The summed E-state index contributed by atoms with van der Waals surface area (Å²) in [5.41, 5.74) is 0.485. The lowest BCUT2D eigenvalue weighted by Gasteiger charge is -2.34. The number of sulfonamides is 1. The Balaban J connectivity index is 1.36. The summed E-state index contributed by atoms with van der Waals surface area (Å²) in [5, 5.41) is 1.84. The van der Waals surface area contributed by atoms with Gasteiger partial charge in [-0.2, -0.15) is 4.31 Å². The molecule has 9 heteroatoms. The van der Waals surface area contributed by atoms with E-state index in [1.54, 1.807) is 41.3 Å². The highest BCUT2D eigenvalue weighted by atomic mass is 32.2. The Kier molecular flexibility index (Phi) is 6.85. The molecule has 3 aromatic rings. The highest BCUT2D eigenvalue weighted by molar-refractivity contribution is 7.89. The number of Topliss-reactive ketones (excluding diaryl/α,β-unsaturated/α-hetero) is 1. The van der Waals surface area contributed by atoms with Crippen LogP contribution in [0.2, 0.25) is 0 Å². The third kappa shape index (κ3) is 4.90. The third-order valence-electron chi connectivity index (χ3n) is 5.87. The van der Waals surface area contributed by atoms with Gasteiger partial charge in [-0.25, -0.2) is 8.42 Å². The molecule has 0 aliphatic carbocycles. The first-order chi connectivity index (χ1) is 16.3. The van der Waals surface area contributed by atoms with Crippen molar-refractivity contribution < 1.29 is 27.5 Å². The summed E-state index contributed by atoms with van der Waals surface area (Å²) < 4.78 is 38.5. The zero-order chi connectivity index (χ0) is 24.3. The predicted molar refractivity (Wildman–Crippen MR) is 128 cm³/mol. The highest BCUT2D eigenvalue weighted by Crippen LogP contribution is 2.28. The van der Waals surface area contributed by atoms with Crippen LogP contribution in [0.25, 0.3) is 10.8 Å². The maximum atomic E-state index is 13.1. The molecule has 0 saturated carbocycles. The fraction of sp³-hybridized carbons (Fsp3) is 0.280. The molecule has 1 aliphatic heterocycles. The van der Waals surface area contributed by atoms with Gasteiger partial charge in [0, 0.05) is 31.7 Å². The van der Waals surface area contributed by atoms with Crippen LogP contribution in [0.4, 0.5) is 0 Å². The van der Waals surface area contributed by atoms with E-state index in [-0.39, 0.29) is 49.4 Å². The van der Waals surface area contributed by atoms with Gasteiger partial charge in [0.15, 0.2) is 23.9 Å². The van der Waals surface area contributed by atoms with Crippen LogP contribution in [0.1, 0.15) is 17.3 Å². The Bertz CT molecular complexity index is 1330. The minimum atomic E-state index is -3.66. The first-order valence-corrected chi connectivity index (χ1v) is 12.3. The fourth-order valence-corrected chi connectivity index (χ4v) is 5.35. The molecule has 1 saturated heterocycles. The third-order valence-corrected chi connectivity index (χ3v) is 7.77. The van der Waals surface area contributed by atoms with Crippen LogP contribution in [0, 0.1) is 0 Å². The fourth-order valence-electron chi connectivity index (χ4n) is 3.89. The van der Waals surface area contributed by atoms with Crippen molar-refractivity contribution in [1.82, 2.24) is 9.21 Å². The molecule has 0 aromatic heterocycles. The number of hydrogen-bond acceptors (Lipinski definition) is 6. The minimum absolute atomic E-state index is 0.0996. The Morgan fingerprint density at radius 3 is 2.26 bits per heavy atom. The van der Waals surface area contributed by atoms with Crippen molar-refractivity contribution in [2.75, 3.05) is 39.9 Å². The van der Waals surface area contributed by atoms with Crippen molar-refractivity contribution in [1.29, 1.82) is 0 Å². The van der Waals surface area contributed by atoms with Crippen LogP contribution in [-0.2, 0) is 14.8 Å². The number of ether oxygens (including phenoxy) is 2. The summed E-state index contributed by atoms with van der Waals surface area (Å²) in [7, 11) is -2.20. The molecule has 4 rings (SSSR count). The first-order valence-electron chi connectivity index (χ1n) is 10.9. The molecule has 0 N–H and O–H groups in total. The van der Waals surface area contributed by atoms with E-state index in [1.165, 1.54) is 18.3 Å². The summed E-state index contributed by atoms with van der Waals surface area (Å²) in [6.45, 7) is 2.20. The Morgan fingerprint density at radius 1 is 0.882 bits per heavy atom. The quantitative estimate of drug-likeness (QED) is 0.481. The Morgan fingerprint density at radius 2 is 1.59 bits per heavy atom. The summed E-state index contributed by atoms with van der Waals surface area (Å²) in [4.78, 5) is 26.0. The van der Waals surface area contributed by atoms with E-state index in [0.717, 1.165) is 10.8 Å². The summed E-state index contributed by atoms with van der Waals surface area (Å²) >= 11 is 0. The van der Waals surface area contributed by atoms with Crippen molar-refractivity contribution >= 4 is 32.5 Å². The van der Waals surface area contributed by atoms with Crippen molar-refractivity contribution in [2.45, 2.75) is 11.8 Å². The van der Waals surface area contributed by atoms with E-state index in [4.69, 9.17) is 9.47 Å². The first kappa shape index (κ1) is 23.7. The minimum Gasteiger partial charge on any atom is -0.493 e. The van der Waals surface area contributed by atoms with Gasteiger partial charge in [-0.3, -0.25) is 9.59 Å². The molecular weight excluding hydrogens is 456 g/mol. The number of fused-ring (bicyclic) bond motifs is 1. The van der Waals surface area contributed by atoms with Crippen LogP contribution in [0.15, 0.2) is 65.6 Å². The SMILES string of the molecule is COc1cc(C(C)=O)ccc1OCC(=O)N1CCN(S(=O)(=O)c2ccc3ccccc3c2)CC1. The molecule has 3 aromatic carbocycles. The lowest BCUT2D eigenvalue weighted by molar-refractivity contribution is -0.134. The average molecular weight is 483 g/mol. The van der Waals surface area contributed by atoms with Gasteiger partial charge in [-0.05, 0) is 48.0 Å². The summed E-state index contributed by atoms with van der Waals surface area (Å²) in [6.07, 6.45) is 0. The zero-order valence-electron chi connectivity index (χ0n) is 19.1. The summed E-state index contributed by atoms with van der Waals surface area (Å²) in [6, 6.07) is 17.5. The smallest absolute Gasteiger partial charge is 0.260 e. The van der Waals surface area contributed by atoms with Crippen LogP contribution in [-0.4, -0.2) is 69.2 Å². The standard InChI is InChI=1S/C25H26N2O6S/c1-18(28)20-8-10-23(24(16-20)32-2)33-17-25(29)26-11-13-27(14-12-26)34(30,31)22-9-7-19-5-3-4-6-21(19)15-22/h3-10,15-16H,11-14,17H2,1-2H3. The molecule has 1 fully saturated rings. The normalized spacial score (nSPS) is 14.7. The highest BCUT2D eigenvalue weighted by Gasteiger charge is 2.30. The lowest BCUT2D eigenvalue weighted by Crippen LogP contribution is -2.51. The van der Waals surface area contributed by atoms with E-state index >= 15 is 0 Å². The molecule has 1 aliphatic rings. The average Bonchev–Trinajstić information content (AvgIpc) is 2.86. The van der Waals surface area contributed by atoms with Crippen molar-refractivity contribution in [2.24, 2.45) is 0 Å². The van der Waals surface area contributed by atoms with Gasteiger partial charge in [-0.1, -0.05) is 30.3 Å². The van der Waals surface area contributed by atoms with Gasteiger partial charge in [0.25, 0.3) is 5.91 Å².